The van der Waals surface area contributed by atoms with Gasteiger partial charge in [0.15, 0.2) is 25.5 Å². The van der Waals surface area contributed by atoms with Crippen molar-refractivity contribution < 1.29 is 47.8 Å². The Bertz CT molecular complexity index is 2080. The minimum Gasteiger partial charge on any atom is -0.508 e. The summed E-state index contributed by atoms with van der Waals surface area (Å²) in [5, 5.41) is 28.4. The van der Waals surface area contributed by atoms with Crippen LogP contribution in [-0.2, 0) is 22.2 Å². The summed E-state index contributed by atoms with van der Waals surface area (Å²) in [4.78, 5) is 47.7. The van der Waals surface area contributed by atoms with Crippen molar-refractivity contribution in [2.75, 3.05) is 39.7 Å². The first-order valence-electron chi connectivity index (χ1n) is 18.9. The lowest BCUT2D eigenvalue weighted by Gasteiger charge is -2.57. The highest BCUT2D eigenvalue weighted by atomic mass is 28.4. The molecule has 56 heavy (non-hydrogen) atoms. The van der Waals surface area contributed by atoms with Crippen LogP contribution in [0.15, 0.2) is 58.3 Å². The first-order valence-corrected chi connectivity index (χ1v) is 21.8. The molecule has 0 spiro atoms. The molecule has 1 heterocycles. The highest BCUT2D eigenvalue weighted by Crippen LogP contribution is 2.63. The van der Waals surface area contributed by atoms with E-state index in [2.05, 4.69) is 5.16 Å². The molecule has 1 aromatic heterocycles. The van der Waals surface area contributed by atoms with E-state index in [9.17, 15) is 15.0 Å². The molecule has 3 aromatic rings. The number of fused-ring (bicyclic) bond motifs is 4. The summed E-state index contributed by atoms with van der Waals surface area (Å²) in [6, 6.07) is 11.9. The SMILES string of the molecule is CN(C)c1ccc(OC(=O)OC(C)(C)C)c2c1C[C@@]1(CO)C[C@H]3[C@H](N(C)C)c4onc(OCc5ccccc5)c4C(=O)[C@@]3(O[Si](C)(C)C(C)(C)C)C(O)=C1C2=O. The molecule has 13 nitrogen and oxygen atoms in total. The third-order valence-corrected chi connectivity index (χ3v) is 16.2. The van der Waals surface area contributed by atoms with Gasteiger partial charge in [0, 0.05) is 31.1 Å². The normalized spacial score (nSPS) is 23.6. The summed E-state index contributed by atoms with van der Waals surface area (Å²) in [6.07, 6.45) is -0.900. The molecule has 302 valence electrons. The number of aliphatic hydroxyl groups is 2. The minimum absolute atomic E-state index is 0.0192. The lowest BCUT2D eigenvalue weighted by molar-refractivity contribution is -0.0669. The molecular weight excluding hydrogens is 735 g/mol. The second kappa shape index (κ2) is 14.2. The van der Waals surface area contributed by atoms with Gasteiger partial charge in [0.05, 0.1) is 23.8 Å². The number of Topliss-reactive ketones (excluding diaryl/α,β-unsaturated/α-hetero) is 2. The van der Waals surface area contributed by atoms with Crippen LogP contribution < -0.4 is 14.4 Å². The number of aromatic nitrogens is 1. The van der Waals surface area contributed by atoms with Crippen LogP contribution in [0, 0.1) is 11.3 Å². The Balaban J connectivity index is 1.63. The number of ether oxygens (including phenoxy) is 3. The molecule has 3 aliphatic carbocycles. The van der Waals surface area contributed by atoms with Crippen molar-refractivity contribution in [2.45, 2.75) is 96.4 Å². The number of hydrogen-bond acceptors (Lipinski definition) is 13. The summed E-state index contributed by atoms with van der Waals surface area (Å²) in [5.41, 5.74) is -2.48. The Kier molecular flexibility index (Phi) is 10.4. The van der Waals surface area contributed by atoms with E-state index in [1.54, 1.807) is 26.8 Å². The molecule has 0 bridgehead atoms. The van der Waals surface area contributed by atoms with Gasteiger partial charge in [0.2, 0.25) is 5.78 Å². The molecule has 0 unspecified atom stereocenters. The van der Waals surface area contributed by atoms with Crippen LogP contribution in [0.1, 0.15) is 91.6 Å². The number of carbonyl (C=O) groups is 3. The zero-order chi connectivity index (χ0) is 41.3. The van der Waals surface area contributed by atoms with E-state index in [0.29, 0.717) is 11.3 Å². The molecule has 6 rings (SSSR count). The van der Waals surface area contributed by atoms with E-state index in [1.807, 2.05) is 102 Å². The third kappa shape index (κ3) is 6.73. The monoisotopic (exact) mass is 789 g/mol. The highest BCUT2D eigenvalue weighted by molar-refractivity contribution is 6.74. The smallest absolute Gasteiger partial charge is 0.508 e. The molecule has 0 fully saturated rings. The van der Waals surface area contributed by atoms with Crippen LogP contribution in [0.5, 0.6) is 11.6 Å². The van der Waals surface area contributed by atoms with Gasteiger partial charge < -0.3 is 38.3 Å². The molecule has 14 heteroatoms. The van der Waals surface area contributed by atoms with Crippen LogP contribution in [0.3, 0.4) is 0 Å². The van der Waals surface area contributed by atoms with Crippen molar-refractivity contribution in [3.05, 3.63) is 81.8 Å². The fourth-order valence-corrected chi connectivity index (χ4v) is 9.63. The topological polar surface area (TPSA) is 161 Å². The molecular formula is C42H55N3O10Si. The zero-order valence-electron chi connectivity index (χ0n) is 34.5. The Morgan fingerprint density at radius 1 is 1.00 bits per heavy atom. The second-order valence-electron chi connectivity index (χ2n) is 18.2. The summed E-state index contributed by atoms with van der Waals surface area (Å²) < 4.78 is 30.6. The maximum Gasteiger partial charge on any atom is 0.514 e. The standard InChI is InChI=1S/C42H55N3O10Si/c1-39(2,3)53-38(50)52-28-19-18-27(44(7)8)25-20-41(23-46)21-26-32(45(9)10)34-30(37(43-54-34)51-22-24-16-14-13-15-17-24)35(48)42(26,55-56(11,12)40(4,5)6)36(49)31(41)33(47)29(25)28/h13-19,26,32,46,49H,20-23H2,1-12H3/t26-,32-,41-,42+/m0/s1. The van der Waals surface area contributed by atoms with Crippen LogP contribution >= 0.6 is 0 Å². The lowest BCUT2D eigenvalue weighted by Crippen LogP contribution is -2.66. The largest absolute Gasteiger partial charge is 0.514 e. The predicted molar refractivity (Wildman–Crippen MR) is 212 cm³/mol. The average molecular weight is 790 g/mol. The van der Waals surface area contributed by atoms with Gasteiger partial charge in [-0.1, -0.05) is 51.1 Å². The molecule has 3 aliphatic rings. The first-order chi connectivity index (χ1) is 26.0. The number of rotatable bonds is 9. The van der Waals surface area contributed by atoms with Gasteiger partial charge in [0.25, 0.3) is 5.88 Å². The van der Waals surface area contributed by atoms with Crippen LogP contribution in [0.25, 0.3) is 0 Å². The molecule has 2 N–H and O–H groups in total. The van der Waals surface area contributed by atoms with Gasteiger partial charge in [0.1, 0.15) is 29.3 Å². The van der Waals surface area contributed by atoms with Crippen molar-refractivity contribution in [3.8, 4) is 11.6 Å². The maximum atomic E-state index is 15.6. The van der Waals surface area contributed by atoms with E-state index in [-0.39, 0.29) is 53.5 Å². The van der Waals surface area contributed by atoms with Crippen LogP contribution in [-0.4, -0.2) is 92.3 Å². The summed E-state index contributed by atoms with van der Waals surface area (Å²) >= 11 is 0. The number of benzene rings is 2. The first kappa shape index (κ1) is 41.1. The number of carbonyl (C=O) groups excluding carboxylic acids is 3. The van der Waals surface area contributed by atoms with Gasteiger partial charge in [-0.25, -0.2) is 4.79 Å². The molecule has 0 amide bonds. The number of hydrogen-bond donors (Lipinski definition) is 2. The van der Waals surface area contributed by atoms with Crippen molar-refractivity contribution in [1.29, 1.82) is 0 Å². The fourth-order valence-electron chi connectivity index (χ4n) is 8.18. The van der Waals surface area contributed by atoms with Gasteiger partial charge in [-0.05, 0) is 94.3 Å². The quantitative estimate of drug-likeness (QED) is 0.125. The van der Waals surface area contributed by atoms with Crippen LogP contribution in [0.2, 0.25) is 18.1 Å². The lowest BCUT2D eigenvalue weighted by atomic mass is 9.52. The molecule has 4 atom stereocenters. The summed E-state index contributed by atoms with van der Waals surface area (Å²) in [5.74, 6) is -2.67. The van der Waals surface area contributed by atoms with Gasteiger partial charge in [-0.15, -0.1) is 0 Å². The Morgan fingerprint density at radius 3 is 2.23 bits per heavy atom. The molecule has 0 aliphatic heterocycles. The summed E-state index contributed by atoms with van der Waals surface area (Å²) in [7, 11) is 4.32. The fraction of sp³-hybridized carbons (Fsp3) is 0.524. The molecule has 0 saturated heterocycles. The van der Waals surface area contributed by atoms with Crippen molar-refractivity contribution >= 4 is 31.7 Å². The number of aliphatic hydroxyl groups excluding tert-OH is 2. The minimum atomic E-state index is -3.00. The second-order valence-corrected chi connectivity index (χ2v) is 22.9. The Labute approximate surface area is 329 Å². The van der Waals surface area contributed by atoms with Gasteiger partial charge in [-0.2, -0.15) is 0 Å². The third-order valence-electron chi connectivity index (χ3n) is 11.7. The van der Waals surface area contributed by atoms with E-state index in [0.717, 1.165) is 5.56 Å². The van der Waals surface area contributed by atoms with Crippen molar-refractivity contribution in [1.82, 2.24) is 10.1 Å². The van der Waals surface area contributed by atoms with Crippen LogP contribution in [0.4, 0.5) is 10.5 Å². The van der Waals surface area contributed by atoms with E-state index in [1.165, 1.54) is 6.07 Å². The Hall–Kier alpha value is -4.50. The molecule has 2 aromatic carbocycles. The van der Waals surface area contributed by atoms with E-state index in [4.69, 9.17) is 23.2 Å². The number of anilines is 1. The number of nitrogens with zero attached hydrogens (tertiary/aromatic N) is 3. The highest BCUT2D eigenvalue weighted by Gasteiger charge is 2.70. The molecule has 0 saturated carbocycles. The van der Waals surface area contributed by atoms with E-state index < -0.39 is 72.0 Å². The Morgan fingerprint density at radius 2 is 1.66 bits per heavy atom. The predicted octanol–water partition coefficient (Wildman–Crippen LogP) is 7.44. The zero-order valence-corrected chi connectivity index (χ0v) is 35.5. The van der Waals surface area contributed by atoms with Crippen molar-refractivity contribution in [3.63, 3.8) is 0 Å². The number of ketones is 2. The molecule has 0 radical (unpaired) electrons. The van der Waals surface area contributed by atoms with Gasteiger partial charge >= 0.3 is 6.16 Å². The van der Waals surface area contributed by atoms with Crippen molar-refractivity contribution in [2.24, 2.45) is 11.3 Å². The van der Waals surface area contributed by atoms with E-state index >= 15 is 9.59 Å². The van der Waals surface area contributed by atoms with Gasteiger partial charge in [-0.3, -0.25) is 14.5 Å². The maximum absolute atomic E-state index is 15.6. The summed E-state index contributed by atoms with van der Waals surface area (Å²) in [6.45, 7) is 14.7. The average Bonchev–Trinajstić information content (AvgIpc) is 3.50.